The Labute approximate surface area is 146 Å². The van der Waals surface area contributed by atoms with Gasteiger partial charge in [0.2, 0.25) is 0 Å². The van der Waals surface area contributed by atoms with E-state index in [2.05, 4.69) is 6.08 Å². The van der Waals surface area contributed by atoms with Crippen LogP contribution >= 0.6 is 0 Å². The van der Waals surface area contributed by atoms with E-state index < -0.39 is 17.9 Å². The van der Waals surface area contributed by atoms with E-state index in [1.807, 2.05) is 13.0 Å². The molecule has 0 aliphatic carbocycles. The van der Waals surface area contributed by atoms with Gasteiger partial charge in [-0.1, -0.05) is 18.2 Å². The fraction of sp³-hybridized carbons (Fsp3) is 0.579. The lowest BCUT2D eigenvalue weighted by Gasteiger charge is -2.32. The van der Waals surface area contributed by atoms with Crippen LogP contribution in [0.3, 0.4) is 0 Å². The van der Waals surface area contributed by atoms with E-state index in [0.717, 1.165) is 25.0 Å². The third kappa shape index (κ3) is 5.07. The van der Waals surface area contributed by atoms with Gasteiger partial charge in [0.25, 0.3) is 0 Å². The third-order valence-electron chi connectivity index (χ3n) is 4.45. The second-order valence-electron chi connectivity index (χ2n) is 6.50. The number of hydrogen-bond donors (Lipinski definition) is 0. The summed E-state index contributed by atoms with van der Waals surface area (Å²) in [4.78, 5) is 0. The maximum atomic E-state index is 13.3. The Hall–Kier alpha value is -1.34. The fourth-order valence-corrected chi connectivity index (χ4v) is 3.04. The van der Waals surface area contributed by atoms with Gasteiger partial charge in [-0.3, -0.25) is 0 Å². The van der Waals surface area contributed by atoms with Crippen LogP contribution in [0.4, 0.5) is 8.78 Å². The predicted octanol–water partition coefficient (Wildman–Crippen LogP) is 3.97. The summed E-state index contributed by atoms with van der Waals surface area (Å²) in [6, 6.07) is 3.68. The molecule has 4 nitrogen and oxygen atoms in total. The molecule has 0 saturated carbocycles. The van der Waals surface area contributed by atoms with Crippen LogP contribution < -0.4 is 0 Å². The molecule has 2 fully saturated rings. The molecule has 0 bridgehead atoms. The molecule has 0 aromatic heterocycles. The standard InChI is InChI=1S/C19H24F2O4/c1-2-3-13-9-22-18(23-10-13)7-4-14-11-24-19(25-12-14)15-5-6-16(20)17(21)8-15/h2-3,5-6,8,13-14,18-19H,4,7,9-12H2,1H3/b3-2+. The Morgan fingerprint density at radius 2 is 1.68 bits per heavy atom. The molecule has 138 valence electrons. The lowest BCUT2D eigenvalue weighted by molar-refractivity contribution is -0.217. The minimum absolute atomic E-state index is 0.176. The molecule has 0 N–H and O–H groups in total. The van der Waals surface area contributed by atoms with E-state index in [-0.39, 0.29) is 12.2 Å². The molecule has 3 rings (SSSR count). The zero-order valence-corrected chi connectivity index (χ0v) is 14.3. The highest BCUT2D eigenvalue weighted by molar-refractivity contribution is 5.19. The Balaban J connectivity index is 1.39. The fourth-order valence-electron chi connectivity index (χ4n) is 3.04. The summed E-state index contributed by atoms with van der Waals surface area (Å²) in [6.07, 6.45) is 4.94. The van der Waals surface area contributed by atoms with Gasteiger partial charge in [-0.15, -0.1) is 0 Å². The molecule has 2 aliphatic heterocycles. The lowest BCUT2D eigenvalue weighted by Crippen LogP contribution is -2.33. The van der Waals surface area contributed by atoms with Gasteiger partial charge in [0.1, 0.15) is 0 Å². The molecule has 0 unspecified atom stereocenters. The molecule has 6 heteroatoms. The van der Waals surface area contributed by atoms with Crippen molar-refractivity contribution in [3.05, 3.63) is 47.5 Å². The van der Waals surface area contributed by atoms with Gasteiger partial charge < -0.3 is 18.9 Å². The zero-order chi connectivity index (χ0) is 17.6. The summed E-state index contributed by atoms with van der Waals surface area (Å²) >= 11 is 0. The number of allylic oxidation sites excluding steroid dienone is 1. The van der Waals surface area contributed by atoms with E-state index in [0.29, 0.717) is 37.9 Å². The van der Waals surface area contributed by atoms with Gasteiger partial charge in [-0.05, 0) is 31.9 Å². The van der Waals surface area contributed by atoms with Crippen molar-refractivity contribution in [3.63, 3.8) is 0 Å². The Kier molecular flexibility index (Phi) is 6.53. The largest absolute Gasteiger partial charge is 0.352 e. The normalized spacial score (nSPS) is 30.7. The first-order chi connectivity index (χ1) is 12.2. The van der Waals surface area contributed by atoms with E-state index in [4.69, 9.17) is 18.9 Å². The number of rotatable bonds is 5. The zero-order valence-electron chi connectivity index (χ0n) is 14.3. The number of ether oxygens (including phenoxy) is 4. The summed E-state index contributed by atoms with van der Waals surface area (Å²) in [5, 5.41) is 0. The molecular weight excluding hydrogens is 330 g/mol. The predicted molar refractivity (Wildman–Crippen MR) is 87.7 cm³/mol. The van der Waals surface area contributed by atoms with Crippen molar-refractivity contribution in [2.75, 3.05) is 26.4 Å². The van der Waals surface area contributed by atoms with Gasteiger partial charge in [0.05, 0.1) is 26.4 Å². The lowest BCUT2D eigenvalue weighted by atomic mass is 10.0. The summed E-state index contributed by atoms with van der Waals surface area (Å²) in [7, 11) is 0. The minimum Gasteiger partial charge on any atom is -0.352 e. The van der Waals surface area contributed by atoms with Gasteiger partial charge in [-0.2, -0.15) is 0 Å². The SMILES string of the molecule is C/C=C/C1COC(CCC2COC(c3ccc(F)c(F)c3)OC2)OC1. The Morgan fingerprint density at radius 1 is 0.960 bits per heavy atom. The van der Waals surface area contributed by atoms with Gasteiger partial charge in [-0.25, -0.2) is 8.78 Å². The number of halogens is 2. The molecule has 0 atom stereocenters. The molecular formula is C19H24F2O4. The Morgan fingerprint density at radius 3 is 2.32 bits per heavy atom. The van der Waals surface area contributed by atoms with Gasteiger partial charge in [0, 0.05) is 17.4 Å². The molecule has 2 saturated heterocycles. The molecule has 2 heterocycles. The number of hydrogen-bond acceptors (Lipinski definition) is 4. The summed E-state index contributed by atoms with van der Waals surface area (Å²) in [5.74, 6) is -1.20. The molecule has 0 radical (unpaired) electrons. The minimum atomic E-state index is -0.894. The van der Waals surface area contributed by atoms with Crippen LogP contribution in [0.2, 0.25) is 0 Å². The van der Waals surface area contributed by atoms with Crippen molar-refractivity contribution in [2.24, 2.45) is 11.8 Å². The van der Waals surface area contributed by atoms with Crippen molar-refractivity contribution < 1.29 is 27.7 Å². The van der Waals surface area contributed by atoms with Crippen LogP contribution in [-0.4, -0.2) is 32.7 Å². The molecule has 0 spiro atoms. The van der Waals surface area contributed by atoms with Gasteiger partial charge in [0.15, 0.2) is 24.2 Å². The third-order valence-corrected chi connectivity index (χ3v) is 4.45. The first kappa shape index (κ1) is 18.5. The maximum absolute atomic E-state index is 13.3. The van der Waals surface area contributed by atoms with E-state index in [1.54, 1.807) is 0 Å². The average molecular weight is 354 g/mol. The van der Waals surface area contributed by atoms with Crippen molar-refractivity contribution in [2.45, 2.75) is 32.3 Å². The van der Waals surface area contributed by atoms with Gasteiger partial charge >= 0.3 is 0 Å². The molecule has 0 amide bonds. The first-order valence-corrected chi connectivity index (χ1v) is 8.70. The van der Waals surface area contributed by atoms with Crippen molar-refractivity contribution in [1.82, 2.24) is 0 Å². The second kappa shape index (κ2) is 8.85. The van der Waals surface area contributed by atoms with E-state index in [9.17, 15) is 8.78 Å². The van der Waals surface area contributed by atoms with Crippen molar-refractivity contribution in [3.8, 4) is 0 Å². The van der Waals surface area contributed by atoms with Crippen LogP contribution in [0.5, 0.6) is 0 Å². The van der Waals surface area contributed by atoms with Crippen LogP contribution in [0, 0.1) is 23.5 Å². The summed E-state index contributed by atoms with van der Waals surface area (Å²) in [5.41, 5.74) is 0.492. The second-order valence-corrected chi connectivity index (χ2v) is 6.50. The highest BCUT2D eigenvalue weighted by atomic mass is 19.2. The van der Waals surface area contributed by atoms with Crippen molar-refractivity contribution in [1.29, 1.82) is 0 Å². The van der Waals surface area contributed by atoms with E-state index in [1.165, 1.54) is 6.07 Å². The first-order valence-electron chi connectivity index (χ1n) is 8.70. The van der Waals surface area contributed by atoms with Crippen LogP contribution in [0.15, 0.2) is 30.4 Å². The van der Waals surface area contributed by atoms with Crippen LogP contribution in [-0.2, 0) is 18.9 Å². The average Bonchev–Trinajstić information content (AvgIpc) is 2.64. The maximum Gasteiger partial charge on any atom is 0.183 e. The molecule has 1 aromatic rings. The molecule has 2 aliphatic rings. The van der Waals surface area contributed by atoms with Crippen molar-refractivity contribution >= 4 is 0 Å². The number of benzene rings is 1. The smallest absolute Gasteiger partial charge is 0.183 e. The highest BCUT2D eigenvalue weighted by Crippen LogP contribution is 2.28. The quantitative estimate of drug-likeness (QED) is 0.750. The topological polar surface area (TPSA) is 36.9 Å². The van der Waals surface area contributed by atoms with Crippen LogP contribution in [0.25, 0.3) is 0 Å². The molecule has 1 aromatic carbocycles. The molecule has 25 heavy (non-hydrogen) atoms. The summed E-state index contributed by atoms with van der Waals surface area (Å²) < 4.78 is 49.0. The van der Waals surface area contributed by atoms with Crippen LogP contribution in [0.1, 0.15) is 31.6 Å². The Bertz CT molecular complexity index is 577. The monoisotopic (exact) mass is 354 g/mol. The highest BCUT2D eigenvalue weighted by Gasteiger charge is 2.26. The van der Waals surface area contributed by atoms with E-state index >= 15 is 0 Å². The summed E-state index contributed by atoms with van der Waals surface area (Å²) in [6.45, 7) is 4.38.